The molecular formula is C23H20O4. The van der Waals surface area contributed by atoms with Gasteiger partial charge in [-0.25, -0.2) is 4.79 Å². The first-order valence-electron chi connectivity index (χ1n) is 8.78. The van der Waals surface area contributed by atoms with Crippen LogP contribution < -0.4 is 4.74 Å². The van der Waals surface area contributed by atoms with E-state index in [0.717, 1.165) is 39.1 Å². The third-order valence-corrected chi connectivity index (χ3v) is 4.92. The molecule has 0 radical (unpaired) electrons. The average Bonchev–Trinajstić information content (AvgIpc) is 2.90. The van der Waals surface area contributed by atoms with Crippen molar-refractivity contribution >= 4 is 5.97 Å². The van der Waals surface area contributed by atoms with Gasteiger partial charge in [0.2, 0.25) is 0 Å². The molecule has 1 unspecified atom stereocenters. The lowest BCUT2D eigenvalue weighted by Crippen LogP contribution is -2.17. The van der Waals surface area contributed by atoms with E-state index in [2.05, 4.69) is 12.1 Å². The predicted octanol–water partition coefficient (Wildman–Crippen LogP) is 4.77. The van der Waals surface area contributed by atoms with E-state index in [1.54, 1.807) is 7.11 Å². The largest absolute Gasteiger partial charge is 0.497 e. The van der Waals surface area contributed by atoms with Crippen LogP contribution in [0, 0.1) is 0 Å². The lowest BCUT2D eigenvalue weighted by Gasteiger charge is -2.15. The summed E-state index contributed by atoms with van der Waals surface area (Å²) in [5, 5.41) is 0. The Hall–Kier alpha value is -3.11. The Labute approximate surface area is 158 Å². The Morgan fingerprint density at radius 3 is 2.33 bits per heavy atom. The highest BCUT2D eigenvalue weighted by atomic mass is 16.6. The first kappa shape index (κ1) is 17.3. The zero-order valence-electron chi connectivity index (χ0n) is 15.3. The SMILES string of the molecule is COC(=O)C1OCc2c(-c3ccc(OC)cc3)cccc2-c2ccccc21. The van der Waals surface area contributed by atoms with Crippen LogP contribution in [-0.4, -0.2) is 20.2 Å². The molecule has 0 spiro atoms. The summed E-state index contributed by atoms with van der Waals surface area (Å²) in [6.07, 6.45) is -0.734. The van der Waals surface area contributed by atoms with Crippen molar-refractivity contribution < 1.29 is 19.0 Å². The molecule has 0 amide bonds. The van der Waals surface area contributed by atoms with Crippen LogP contribution in [0.1, 0.15) is 17.2 Å². The molecule has 27 heavy (non-hydrogen) atoms. The molecule has 1 aliphatic rings. The number of carbonyl (C=O) groups is 1. The molecule has 136 valence electrons. The minimum absolute atomic E-state index is 0.325. The Bertz CT molecular complexity index is 976. The van der Waals surface area contributed by atoms with E-state index in [1.165, 1.54) is 7.11 Å². The Kier molecular flexibility index (Phi) is 4.65. The van der Waals surface area contributed by atoms with Crippen LogP contribution in [0.3, 0.4) is 0 Å². The number of hydrogen-bond acceptors (Lipinski definition) is 4. The number of benzene rings is 3. The highest BCUT2D eigenvalue weighted by molar-refractivity contribution is 5.85. The quantitative estimate of drug-likeness (QED) is 0.631. The smallest absolute Gasteiger partial charge is 0.339 e. The van der Waals surface area contributed by atoms with Crippen molar-refractivity contribution in [3.63, 3.8) is 0 Å². The number of rotatable bonds is 3. The van der Waals surface area contributed by atoms with Gasteiger partial charge in [0, 0.05) is 0 Å². The molecule has 1 atom stereocenters. The number of fused-ring (bicyclic) bond motifs is 3. The minimum atomic E-state index is -0.734. The maximum Gasteiger partial charge on any atom is 0.339 e. The van der Waals surface area contributed by atoms with Gasteiger partial charge < -0.3 is 14.2 Å². The van der Waals surface area contributed by atoms with Crippen LogP contribution in [0.5, 0.6) is 5.75 Å². The fraction of sp³-hybridized carbons (Fsp3) is 0.174. The second-order valence-electron chi connectivity index (χ2n) is 6.36. The van der Waals surface area contributed by atoms with Crippen LogP contribution in [0.4, 0.5) is 0 Å². The van der Waals surface area contributed by atoms with Gasteiger partial charge in [0.05, 0.1) is 20.8 Å². The Morgan fingerprint density at radius 1 is 0.889 bits per heavy atom. The summed E-state index contributed by atoms with van der Waals surface area (Å²) in [5.74, 6) is 0.425. The average molecular weight is 360 g/mol. The van der Waals surface area contributed by atoms with E-state index < -0.39 is 6.10 Å². The third-order valence-electron chi connectivity index (χ3n) is 4.92. The molecule has 1 heterocycles. The van der Waals surface area contributed by atoms with Gasteiger partial charge in [-0.1, -0.05) is 54.6 Å². The Morgan fingerprint density at radius 2 is 1.59 bits per heavy atom. The number of ether oxygens (including phenoxy) is 3. The summed E-state index contributed by atoms with van der Waals surface area (Å²) < 4.78 is 16.2. The van der Waals surface area contributed by atoms with E-state index in [-0.39, 0.29) is 5.97 Å². The first-order valence-corrected chi connectivity index (χ1v) is 8.78. The van der Waals surface area contributed by atoms with E-state index >= 15 is 0 Å². The molecule has 0 N–H and O–H groups in total. The van der Waals surface area contributed by atoms with Gasteiger partial charge >= 0.3 is 5.97 Å². The molecule has 0 saturated heterocycles. The van der Waals surface area contributed by atoms with Gasteiger partial charge in [0.25, 0.3) is 0 Å². The Balaban J connectivity index is 1.87. The van der Waals surface area contributed by atoms with Crippen LogP contribution in [0.2, 0.25) is 0 Å². The molecule has 3 aromatic carbocycles. The van der Waals surface area contributed by atoms with Crippen molar-refractivity contribution in [1.29, 1.82) is 0 Å². The fourth-order valence-corrected chi connectivity index (χ4v) is 3.57. The zero-order valence-corrected chi connectivity index (χ0v) is 15.3. The highest BCUT2D eigenvalue weighted by Crippen LogP contribution is 2.41. The molecule has 4 nitrogen and oxygen atoms in total. The summed E-state index contributed by atoms with van der Waals surface area (Å²) in [6, 6.07) is 22.0. The van der Waals surface area contributed by atoms with Gasteiger partial charge in [0.15, 0.2) is 6.10 Å². The van der Waals surface area contributed by atoms with Crippen molar-refractivity contribution in [3.8, 4) is 28.0 Å². The summed E-state index contributed by atoms with van der Waals surface area (Å²) in [7, 11) is 3.04. The van der Waals surface area contributed by atoms with Crippen molar-refractivity contribution in [3.05, 3.63) is 77.9 Å². The minimum Gasteiger partial charge on any atom is -0.497 e. The second kappa shape index (κ2) is 7.25. The number of methoxy groups -OCH3 is 2. The van der Waals surface area contributed by atoms with Crippen molar-refractivity contribution in [2.24, 2.45) is 0 Å². The summed E-state index contributed by atoms with van der Waals surface area (Å²) >= 11 is 0. The van der Waals surface area contributed by atoms with Crippen molar-refractivity contribution in [2.75, 3.05) is 14.2 Å². The normalized spacial score (nSPS) is 15.3. The van der Waals surface area contributed by atoms with Crippen molar-refractivity contribution in [1.82, 2.24) is 0 Å². The predicted molar refractivity (Wildman–Crippen MR) is 103 cm³/mol. The van der Waals surface area contributed by atoms with Crippen LogP contribution in [0.15, 0.2) is 66.7 Å². The summed E-state index contributed by atoms with van der Waals surface area (Å²) in [5.41, 5.74) is 6.11. The van der Waals surface area contributed by atoms with E-state index in [4.69, 9.17) is 14.2 Å². The molecule has 0 saturated carbocycles. The summed E-state index contributed by atoms with van der Waals surface area (Å²) in [6.45, 7) is 0.325. The van der Waals surface area contributed by atoms with Gasteiger partial charge in [-0.3, -0.25) is 0 Å². The van der Waals surface area contributed by atoms with Crippen molar-refractivity contribution in [2.45, 2.75) is 12.7 Å². The molecule has 1 aliphatic heterocycles. The van der Waals surface area contributed by atoms with Gasteiger partial charge in [-0.15, -0.1) is 0 Å². The van der Waals surface area contributed by atoms with Gasteiger partial charge in [-0.2, -0.15) is 0 Å². The third kappa shape index (κ3) is 3.09. The second-order valence-corrected chi connectivity index (χ2v) is 6.36. The molecule has 3 aromatic rings. The zero-order chi connectivity index (χ0) is 18.8. The lowest BCUT2D eigenvalue weighted by molar-refractivity contribution is -0.155. The highest BCUT2D eigenvalue weighted by Gasteiger charge is 2.29. The fourth-order valence-electron chi connectivity index (χ4n) is 3.57. The maximum absolute atomic E-state index is 12.3. The summed E-state index contributed by atoms with van der Waals surface area (Å²) in [4.78, 5) is 12.3. The van der Waals surface area contributed by atoms with Crippen LogP contribution >= 0.6 is 0 Å². The molecule has 0 aliphatic carbocycles. The molecule has 4 rings (SSSR count). The van der Waals surface area contributed by atoms with Gasteiger partial charge in [0.1, 0.15) is 5.75 Å². The number of hydrogen-bond donors (Lipinski definition) is 0. The molecule has 4 heteroatoms. The number of carbonyl (C=O) groups excluding carboxylic acids is 1. The maximum atomic E-state index is 12.3. The van der Waals surface area contributed by atoms with Crippen LogP contribution in [0.25, 0.3) is 22.3 Å². The lowest BCUT2D eigenvalue weighted by atomic mass is 9.90. The molecule has 0 bridgehead atoms. The van der Waals surface area contributed by atoms with Gasteiger partial charge in [-0.05, 0) is 45.5 Å². The van der Waals surface area contributed by atoms with E-state index in [1.807, 2.05) is 54.6 Å². The monoisotopic (exact) mass is 360 g/mol. The standard InChI is InChI=1S/C23H20O4/c1-25-16-12-10-15(11-13-16)17-8-5-9-19-18-6-3-4-7-20(18)22(23(24)26-2)27-14-21(17)19/h3-13,22H,14H2,1-2H3. The number of esters is 1. The topological polar surface area (TPSA) is 44.8 Å². The first-order chi connectivity index (χ1) is 13.2. The van der Waals surface area contributed by atoms with E-state index in [9.17, 15) is 4.79 Å². The molecule has 0 aromatic heterocycles. The van der Waals surface area contributed by atoms with E-state index in [0.29, 0.717) is 6.61 Å². The molecular weight excluding hydrogens is 340 g/mol. The molecule has 0 fully saturated rings. The van der Waals surface area contributed by atoms with Crippen LogP contribution in [-0.2, 0) is 20.9 Å².